The maximum absolute atomic E-state index is 12.4. The van der Waals surface area contributed by atoms with Gasteiger partial charge in [-0.05, 0) is 54.7 Å². The van der Waals surface area contributed by atoms with E-state index < -0.39 is 10.0 Å². The van der Waals surface area contributed by atoms with Crippen LogP contribution in [0.5, 0.6) is 0 Å². The van der Waals surface area contributed by atoms with E-state index in [-0.39, 0.29) is 0 Å². The van der Waals surface area contributed by atoms with Crippen LogP contribution in [0.4, 0.5) is 11.4 Å². The highest BCUT2D eigenvalue weighted by Crippen LogP contribution is 2.26. The Balaban J connectivity index is 1.94. The molecule has 5 heteroatoms. The Bertz CT molecular complexity index is 754. The van der Waals surface area contributed by atoms with E-state index in [4.69, 9.17) is 5.73 Å². The molecule has 0 spiro atoms. The van der Waals surface area contributed by atoms with E-state index in [2.05, 4.69) is 4.72 Å². The summed E-state index contributed by atoms with van der Waals surface area (Å²) >= 11 is 0. The number of rotatable bonds is 3. The summed E-state index contributed by atoms with van der Waals surface area (Å²) in [6.45, 7) is 0. The van der Waals surface area contributed by atoms with Crippen molar-refractivity contribution in [3.63, 3.8) is 0 Å². The molecular weight excluding hydrogens is 272 g/mol. The minimum Gasteiger partial charge on any atom is -0.397 e. The van der Waals surface area contributed by atoms with Gasteiger partial charge in [0.2, 0.25) is 0 Å². The van der Waals surface area contributed by atoms with Gasteiger partial charge in [-0.15, -0.1) is 0 Å². The molecule has 0 unspecified atom stereocenters. The topological polar surface area (TPSA) is 72.2 Å². The number of hydrogen-bond acceptors (Lipinski definition) is 3. The lowest BCUT2D eigenvalue weighted by atomic mass is 10.1. The van der Waals surface area contributed by atoms with Crippen molar-refractivity contribution >= 4 is 21.4 Å². The third-order valence-corrected chi connectivity index (χ3v) is 4.95. The van der Waals surface area contributed by atoms with Crippen molar-refractivity contribution in [3.8, 4) is 0 Å². The van der Waals surface area contributed by atoms with Crippen LogP contribution < -0.4 is 10.5 Å². The molecule has 0 aliphatic heterocycles. The first-order chi connectivity index (χ1) is 9.56. The van der Waals surface area contributed by atoms with Crippen LogP contribution in [0, 0.1) is 0 Å². The molecular formula is C15H16N2O2S. The number of sulfonamides is 1. The molecule has 0 heterocycles. The van der Waals surface area contributed by atoms with Crippen LogP contribution in [0.15, 0.2) is 47.4 Å². The van der Waals surface area contributed by atoms with Crippen LogP contribution in [0.3, 0.4) is 0 Å². The van der Waals surface area contributed by atoms with Gasteiger partial charge in [0.1, 0.15) is 0 Å². The van der Waals surface area contributed by atoms with E-state index in [9.17, 15) is 8.42 Å². The minimum atomic E-state index is -3.59. The number of hydrogen-bond donors (Lipinski definition) is 2. The van der Waals surface area contributed by atoms with Crippen molar-refractivity contribution in [2.24, 2.45) is 0 Å². The van der Waals surface area contributed by atoms with E-state index in [1.807, 2.05) is 6.07 Å². The standard InChI is InChI=1S/C15H16N2O2S/c16-14-6-1-2-7-15(14)17-20(18,19)13-9-8-11-4-3-5-12(11)10-13/h1-2,6-10,17H,3-5,16H2. The Hall–Kier alpha value is -2.01. The number of anilines is 2. The summed E-state index contributed by atoms with van der Waals surface area (Å²) in [5.74, 6) is 0. The highest BCUT2D eigenvalue weighted by Gasteiger charge is 2.19. The summed E-state index contributed by atoms with van der Waals surface area (Å²) in [7, 11) is -3.59. The molecule has 0 radical (unpaired) electrons. The molecule has 0 fully saturated rings. The van der Waals surface area contributed by atoms with Gasteiger partial charge in [-0.25, -0.2) is 8.42 Å². The molecule has 4 nitrogen and oxygen atoms in total. The van der Waals surface area contributed by atoms with Crippen LogP contribution in [0.25, 0.3) is 0 Å². The highest BCUT2D eigenvalue weighted by atomic mass is 32.2. The number of nitrogens with one attached hydrogen (secondary N) is 1. The monoisotopic (exact) mass is 288 g/mol. The number of benzene rings is 2. The fourth-order valence-electron chi connectivity index (χ4n) is 2.51. The van der Waals surface area contributed by atoms with Gasteiger partial charge in [-0.2, -0.15) is 0 Å². The summed E-state index contributed by atoms with van der Waals surface area (Å²) in [5.41, 5.74) is 8.98. The Kier molecular flexibility index (Phi) is 3.14. The Morgan fingerprint density at radius 3 is 2.55 bits per heavy atom. The molecule has 3 rings (SSSR count). The van der Waals surface area contributed by atoms with Gasteiger partial charge in [0.05, 0.1) is 16.3 Å². The minimum absolute atomic E-state index is 0.293. The van der Waals surface area contributed by atoms with Gasteiger partial charge in [0.25, 0.3) is 10.0 Å². The van der Waals surface area contributed by atoms with Crippen LogP contribution in [-0.2, 0) is 22.9 Å². The first-order valence-electron chi connectivity index (χ1n) is 6.55. The second-order valence-electron chi connectivity index (χ2n) is 4.98. The Morgan fingerprint density at radius 1 is 1.00 bits per heavy atom. The largest absolute Gasteiger partial charge is 0.397 e. The summed E-state index contributed by atoms with van der Waals surface area (Å²) in [5, 5.41) is 0. The van der Waals surface area contributed by atoms with E-state index in [0.717, 1.165) is 24.8 Å². The predicted molar refractivity (Wildman–Crippen MR) is 80.1 cm³/mol. The van der Waals surface area contributed by atoms with Crippen molar-refractivity contribution in [2.45, 2.75) is 24.2 Å². The molecule has 20 heavy (non-hydrogen) atoms. The Morgan fingerprint density at radius 2 is 1.75 bits per heavy atom. The first-order valence-corrected chi connectivity index (χ1v) is 8.04. The van der Waals surface area contributed by atoms with Crippen molar-refractivity contribution in [2.75, 3.05) is 10.5 Å². The first kappa shape index (κ1) is 13.0. The van der Waals surface area contributed by atoms with Gasteiger partial charge in [0.15, 0.2) is 0 Å². The van der Waals surface area contributed by atoms with E-state index >= 15 is 0 Å². The van der Waals surface area contributed by atoms with Gasteiger partial charge in [0, 0.05) is 0 Å². The van der Waals surface area contributed by atoms with E-state index in [1.54, 1.807) is 36.4 Å². The lowest BCUT2D eigenvalue weighted by Crippen LogP contribution is -2.14. The van der Waals surface area contributed by atoms with Gasteiger partial charge >= 0.3 is 0 Å². The molecule has 0 bridgehead atoms. The lowest BCUT2D eigenvalue weighted by molar-refractivity contribution is 0.601. The number of fused-ring (bicyclic) bond motifs is 1. The van der Waals surface area contributed by atoms with Crippen LogP contribution in [0.2, 0.25) is 0 Å². The fourth-order valence-corrected chi connectivity index (χ4v) is 3.65. The third-order valence-electron chi connectivity index (χ3n) is 3.59. The smallest absolute Gasteiger partial charge is 0.261 e. The summed E-state index contributed by atoms with van der Waals surface area (Å²) in [4.78, 5) is 0.293. The van der Waals surface area contributed by atoms with Crippen molar-refractivity contribution < 1.29 is 8.42 Å². The molecule has 1 aliphatic carbocycles. The van der Waals surface area contributed by atoms with Gasteiger partial charge in [-0.1, -0.05) is 18.2 Å². The zero-order valence-electron chi connectivity index (χ0n) is 11.0. The average molecular weight is 288 g/mol. The van der Waals surface area contributed by atoms with E-state index in [1.165, 1.54) is 5.56 Å². The molecule has 0 aromatic heterocycles. The average Bonchev–Trinajstić information content (AvgIpc) is 2.88. The van der Waals surface area contributed by atoms with Gasteiger partial charge < -0.3 is 5.73 Å². The molecule has 3 N–H and O–H groups in total. The normalized spacial score (nSPS) is 14.0. The molecule has 2 aromatic rings. The molecule has 0 saturated carbocycles. The SMILES string of the molecule is Nc1ccccc1NS(=O)(=O)c1ccc2c(c1)CCC2. The highest BCUT2D eigenvalue weighted by molar-refractivity contribution is 7.92. The maximum Gasteiger partial charge on any atom is 0.261 e. The second kappa shape index (κ2) is 4.83. The lowest BCUT2D eigenvalue weighted by Gasteiger charge is -2.11. The quantitative estimate of drug-likeness (QED) is 0.853. The summed E-state index contributed by atoms with van der Waals surface area (Å²) in [6, 6.07) is 12.2. The van der Waals surface area contributed by atoms with Crippen molar-refractivity contribution in [1.29, 1.82) is 0 Å². The van der Waals surface area contributed by atoms with Crippen molar-refractivity contribution in [3.05, 3.63) is 53.6 Å². The summed E-state index contributed by atoms with van der Waals surface area (Å²) in [6.07, 6.45) is 3.08. The molecule has 2 aromatic carbocycles. The van der Waals surface area contributed by atoms with E-state index in [0.29, 0.717) is 16.3 Å². The Labute approximate surface area is 118 Å². The third kappa shape index (κ3) is 2.36. The number of nitrogens with two attached hydrogens (primary N) is 1. The van der Waals surface area contributed by atoms with Crippen LogP contribution in [-0.4, -0.2) is 8.42 Å². The number of aryl methyl sites for hydroxylation is 2. The summed E-state index contributed by atoms with van der Waals surface area (Å²) < 4.78 is 27.3. The molecule has 0 amide bonds. The predicted octanol–water partition coefficient (Wildman–Crippen LogP) is 2.56. The van der Waals surface area contributed by atoms with Crippen molar-refractivity contribution in [1.82, 2.24) is 0 Å². The number of para-hydroxylation sites is 2. The number of nitrogen functional groups attached to an aromatic ring is 1. The molecule has 0 atom stereocenters. The fraction of sp³-hybridized carbons (Fsp3) is 0.200. The second-order valence-corrected chi connectivity index (χ2v) is 6.66. The van der Waals surface area contributed by atoms with Gasteiger partial charge in [-0.3, -0.25) is 4.72 Å². The molecule has 1 aliphatic rings. The maximum atomic E-state index is 12.4. The molecule has 0 saturated heterocycles. The van der Waals surface area contributed by atoms with Crippen LogP contribution >= 0.6 is 0 Å². The zero-order valence-corrected chi connectivity index (χ0v) is 11.8. The zero-order chi connectivity index (χ0) is 14.2. The van der Waals surface area contributed by atoms with Crippen LogP contribution in [0.1, 0.15) is 17.5 Å². The molecule has 104 valence electrons.